The first-order valence-corrected chi connectivity index (χ1v) is 4.68. The van der Waals surface area contributed by atoms with Gasteiger partial charge < -0.3 is 5.73 Å². The molecule has 0 bridgehead atoms. The minimum Gasteiger partial charge on any atom is -0.367 e. The van der Waals surface area contributed by atoms with Gasteiger partial charge in [-0.2, -0.15) is 0 Å². The Hall–Kier alpha value is -1.13. The molecular formula is C8H17N5. The molecule has 0 aliphatic heterocycles. The summed E-state index contributed by atoms with van der Waals surface area (Å²) in [6, 6.07) is 0.282. The number of rotatable bonds is 4. The molecule has 74 valence electrons. The Morgan fingerprint density at radius 2 is 2.15 bits per heavy atom. The summed E-state index contributed by atoms with van der Waals surface area (Å²) in [7, 11) is 0. The predicted octanol–water partition coefficient (Wildman–Crippen LogP) is 1.25. The topological polar surface area (TPSA) is 69.6 Å². The molecular weight excluding hydrogens is 166 g/mol. The second-order valence-corrected chi connectivity index (χ2v) is 3.58. The van der Waals surface area contributed by atoms with Crippen LogP contribution in [0.3, 0.4) is 0 Å². The number of hydrogen-bond acceptors (Lipinski definition) is 4. The quantitative estimate of drug-likeness (QED) is 0.762. The van der Waals surface area contributed by atoms with E-state index in [9.17, 15) is 0 Å². The summed E-state index contributed by atoms with van der Waals surface area (Å²) in [6.07, 6.45) is 2.23. The number of nitrogen functional groups attached to an aromatic ring is 1. The highest BCUT2D eigenvalue weighted by Crippen LogP contribution is 2.19. The van der Waals surface area contributed by atoms with Gasteiger partial charge in [0, 0.05) is 0 Å². The average molecular weight is 183 g/mol. The van der Waals surface area contributed by atoms with Crippen LogP contribution in [-0.4, -0.2) is 20.2 Å². The van der Waals surface area contributed by atoms with Gasteiger partial charge in [-0.25, -0.2) is 4.68 Å². The molecule has 2 N–H and O–H groups in total. The van der Waals surface area contributed by atoms with Gasteiger partial charge in [0.1, 0.15) is 0 Å². The molecule has 1 rings (SSSR count). The van der Waals surface area contributed by atoms with E-state index in [2.05, 4.69) is 36.3 Å². The fourth-order valence-corrected chi connectivity index (χ4v) is 1.36. The fourth-order valence-electron chi connectivity index (χ4n) is 1.36. The molecule has 0 fully saturated rings. The monoisotopic (exact) mass is 183 g/mol. The summed E-state index contributed by atoms with van der Waals surface area (Å²) in [6.45, 7) is 6.48. The zero-order valence-electron chi connectivity index (χ0n) is 8.44. The van der Waals surface area contributed by atoms with E-state index in [1.54, 1.807) is 4.68 Å². The third-order valence-corrected chi connectivity index (χ3v) is 2.38. The standard InChI is InChI=1S/C8H17N5/c1-4-6(2)5-7(3)13-8(9)10-11-12-13/h6-7H,4-5H2,1-3H3,(H2,9,10,12). The van der Waals surface area contributed by atoms with Gasteiger partial charge in [-0.1, -0.05) is 25.4 Å². The number of anilines is 1. The van der Waals surface area contributed by atoms with Crippen molar-refractivity contribution in [1.29, 1.82) is 0 Å². The lowest BCUT2D eigenvalue weighted by Gasteiger charge is -2.15. The van der Waals surface area contributed by atoms with Crippen LogP contribution in [0, 0.1) is 5.92 Å². The molecule has 0 saturated carbocycles. The molecule has 0 radical (unpaired) electrons. The molecule has 0 amide bonds. The Morgan fingerprint density at radius 1 is 1.46 bits per heavy atom. The SMILES string of the molecule is CCC(C)CC(C)n1nnnc1N. The van der Waals surface area contributed by atoms with Crippen molar-refractivity contribution in [3.8, 4) is 0 Å². The van der Waals surface area contributed by atoms with Crippen molar-refractivity contribution < 1.29 is 0 Å². The van der Waals surface area contributed by atoms with Crippen molar-refractivity contribution >= 4 is 5.95 Å². The number of aromatic nitrogens is 4. The lowest BCUT2D eigenvalue weighted by Crippen LogP contribution is -2.13. The number of tetrazole rings is 1. The maximum absolute atomic E-state index is 5.59. The molecule has 5 nitrogen and oxygen atoms in total. The van der Waals surface area contributed by atoms with Gasteiger partial charge in [0.15, 0.2) is 0 Å². The first-order valence-electron chi connectivity index (χ1n) is 4.68. The minimum atomic E-state index is 0.282. The van der Waals surface area contributed by atoms with E-state index in [-0.39, 0.29) is 6.04 Å². The molecule has 2 unspecified atom stereocenters. The van der Waals surface area contributed by atoms with E-state index in [1.165, 1.54) is 6.42 Å². The largest absolute Gasteiger partial charge is 0.367 e. The fraction of sp³-hybridized carbons (Fsp3) is 0.875. The molecule has 0 aromatic carbocycles. The molecule has 1 aromatic heterocycles. The Labute approximate surface area is 78.3 Å². The van der Waals surface area contributed by atoms with Gasteiger partial charge >= 0.3 is 0 Å². The van der Waals surface area contributed by atoms with Gasteiger partial charge in [-0.05, 0) is 29.7 Å². The van der Waals surface area contributed by atoms with Crippen LogP contribution in [0.1, 0.15) is 39.7 Å². The van der Waals surface area contributed by atoms with Crippen molar-refractivity contribution in [2.75, 3.05) is 5.73 Å². The molecule has 2 atom stereocenters. The van der Waals surface area contributed by atoms with E-state index in [0.29, 0.717) is 11.9 Å². The second kappa shape index (κ2) is 4.20. The van der Waals surface area contributed by atoms with Gasteiger partial charge in [-0.15, -0.1) is 0 Å². The van der Waals surface area contributed by atoms with E-state index in [4.69, 9.17) is 5.73 Å². The predicted molar refractivity (Wildman–Crippen MR) is 51.0 cm³/mol. The Bertz CT molecular complexity index is 257. The van der Waals surface area contributed by atoms with Crippen molar-refractivity contribution in [2.45, 2.75) is 39.7 Å². The molecule has 1 aromatic rings. The summed E-state index contributed by atoms with van der Waals surface area (Å²) >= 11 is 0. The van der Waals surface area contributed by atoms with Crippen LogP contribution in [0.2, 0.25) is 0 Å². The zero-order valence-corrected chi connectivity index (χ0v) is 8.44. The third kappa shape index (κ3) is 2.40. The molecule has 1 heterocycles. The van der Waals surface area contributed by atoms with Crippen molar-refractivity contribution in [2.24, 2.45) is 5.92 Å². The van der Waals surface area contributed by atoms with Crippen LogP contribution in [0.25, 0.3) is 0 Å². The number of nitrogens with two attached hydrogens (primary N) is 1. The minimum absolute atomic E-state index is 0.282. The molecule has 0 spiro atoms. The lowest BCUT2D eigenvalue weighted by molar-refractivity contribution is 0.372. The van der Waals surface area contributed by atoms with Crippen LogP contribution < -0.4 is 5.73 Å². The summed E-state index contributed by atoms with van der Waals surface area (Å²) in [5.74, 6) is 1.08. The van der Waals surface area contributed by atoms with Crippen molar-refractivity contribution in [3.63, 3.8) is 0 Å². The second-order valence-electron chi connectivity index (χ2n) is 3.58. The highest BCUT2D eigenvalue weighted by Gasteiger charge is 2.12. The Kier molecular flexibility index (Phi) is 3.22. The number of nitrogens with zero attached hydrogens (tertiary/aromatic N) is 4. The number of hydrogen-bond donors (Lipinski definition) is 1. The van der Waals surface area contributed by atoms with Crippen LogP contribution in [-0.2, 0) is 0 Å². The summed E-state index contributed by atoms with van der Waals surface area (Å²) in [5.41, 5.74) is 5.59. The zero-order chi connectivity index (χ0) is 9.84. The molecule has 0 aliphatic carbocycles. The summed E-state index contributed by atoms with van der Waals surface area (Å²) in [4.78, 5) is 0. The smallest absolute Gasteiger partial charge is 0.240 e. The average Bonchev–Trinajstić information content (AvgIpc) is 2.51. The normalized spacial score (nSPS) is 15.6. The van der Waals surface area contributed by atoms with Gasteiger partial charge in [0.25, 0.3) is 0 Å². The van der Waals surface area contributed by atoms with Crippen LogP contribution in [0.5, 0.6) is 0 Å². The van der Waals surface area contributed by atoms with Crippen molar-refractivity contribution in [3.05, 3.63) is 0 Å². The van der Waals surface area contributed by atoms with Gasteiger partial charge in [0.2, 0.25) is 5.95 Å². The molecule has 5 heteroatoms. The van der Waals surface area contributed by atoms with E-state index < -0.39 is 0 Å². The highest BCUT2D eigenvalue weighted by atomic mass is 15.6. The van der Waals surface area contributed by atoms with E-state index in [0.717, 1.165) is 6.42 Å². The maximum atomic E-state index is 5.59. The molecule has 0 saturated heterocycles. The van der Waals surface area contributed by atoms with Gasteiger partial charge in [0.05, 0.1) is 6.04 Å². The molecule has 0 aliphatic rings. The van der Waals surface area contributed by atoms with Crippen LogP contribution >= 0.6 is 0 Å². The highest BCUT2D eigenvalue weighted by molar-refractivity contribution is 5.11. The maximum Gasteiger partial charge on any atom is 0.240 e. The third-order valence-electron chi connectivity index (χ3n) is 2.38. The lowest BCUT2D eigenvalue weighted by atomic mass is 10.0. The Balaban J connectivity index is 2.58. The van der Waals surface area contributed by atoms with Crippen LogP contribution in [0.15, 0.2) is 0 Å². The summed E-state index contributed by atoms with van der Waals surface area (Å²) in [5, 5.41) is 11.0. The summed E-state index contributed by atoms with van der Waals surface area (Å²) < 4.78 is 1.67. The van der Waals surface area contributed by atoms with E-state index >= 15 is 0 Å². The Morgan fingerprint density at radius 3 is 2.62 bits per heavy atom. The van der Waals surface area contributed by atoms with Crippen LogP contribution in [0.4, 0.5) is 5.95 Å². The van der Waals surface area contributed by atoms with Gasteiger partial charge in [-0.3, -0.25) is 0 Å². The van der Waals surface area contributed by atoms with Crippen molar-refractivity contribution in [1.82, 2.24) is 20.2 Å². The molecule has 13 heavy (non-hydrogen) atoms. The van der Waals surface area contributed by atoms with E-state index in [1.807, 2.05) is 0 Å². The first-order chi connectivity index (χ1) is 6.15. The first kappa shape index (κ1) is 9.95.